The zero-order valence-corrected chi connectivity index (χ0v) is 26.5. The molecule has 0 aliphatic carbocycles. The fourth-order valence-electron chi connectivity index (χ4n) is 2.82. The van der Waals surface area contributed by atoms with Crippen molar-refractivity contribution >= 4 is 37.6 Å². The van der Waals surface area contributed by atoms with E-state index in [1.54, 1.807) is 0 Å². The summed E-state index contributed by atoms with van der Waals surface area (Å²) in [5.74, 6) is -1.72. The van der Waals surface area contributed by atoms with Crippen molar-refractivity contribution in [3.05, 3.63) is 63.6 Å². The third-order valence-corrected chi connectivity index (χ3v) is 6.07. The van der Waals surface area contributed by atoms with Crippen LogP contribution in [0, 0.1) is 13.8 Å². The second-order valence-electron chi connectivity index (χ2n) is 6.67. The van der Waals surface area contributed by atoms with Crippen LogP contribution in [0.1, 0.15) is 21.6 Å². The molecule has 1 radical (unpaired) electrons. The van der Waals surface area contributed by atoms with Crippen molar-refractivity contribution in [2.45, 2.75) is 23.6 Å². The first-order valence-electron chi connectivity index (χ1n) is 8.76. The first-order valence-corrected chi connectivity index (χ1v) is 11.6. The number of hydrogen-bond donors (Lipinski definition) is 0. The van der Waals surface area contributed by atoms with Crippen molar-refractivity contribution in [1.29, 1.82) is 0 Å². The predicted octanol–water partition coefficient (Wildman–Crippen LogP) is -6.17. The standard InChI is InChI=1S/C18H16N4O9S2.Cr.2Na.H2O/c1-9-7-11(32(26,27)28)4-6-15(9)22-17(23)16(10(2)21-22)20-19-14-8-12(33(29,30)31)3-5-13(14)18(24)25;;;;/h3-8H,1-2H3,(H4,19,21,23,24,25,26,27,28,29,30,31);;;;1H2/q;+3;2*+1;/p-5. The fourth-order valence-corrected chi connectivity index (χ4v) is 3.87. The molecule has 0 saturated heterocycles. The van der Waals surface area contributed by atoms with Gasteiger partial charge in [0.25, 0.3) is 5.56 Å². The molecular weight excluding hydrogens is 594 g/mol. The smallest absolute Gasteiger partial charge is 0.870 e. The van der Waals surface area contributed by atoms with Crippen LogP contribution in [0.2, 0.25) is 0 Å². The van der Waals surface area contributed by atoms with Gasteiger partial charge in [-0.05, 0) is 48.9 Å². The molecule has 0 aliphatic heterocycles. The molecule has 1 N–H and O–H groups in total. The second kappa shape index (κ2) is 14.3. The quantitative estimate of drug-likeness (QED) is 0.145. The third-order valence-electron chi connectivity index (χ3n) is 4.41. The molecule has 1 aromatic heterocycles. The number of carbonyl (C=O) groups excluding carboxylic acids is 1. The Morgan fingerprint density at radius 3 is 1.92 bits per heavy atom. The summed E-state index contributed by atoms with van der Waals surface area (Å²) in [6.07, 6.45) is 0. The Morgan fingerprint density at radius 2 is 1.43 bits per heavy atom. The van der Waals surface area contributed by atoms with Gasteiger partial charge in [0, 0.05) is 11.3 Å². The predicted molar refractivity (Wildman–Crippen MR) is 108 cm³/mol. The molecule has 1 heterocycles. The van der Waals surface area contributed by atoms with Crippen molar-refractivity contribution in [3.63, 3.8) is 0 Å². The first kappa shape index (κ1) is 38.0. The number of aryl methyl sites for hydroxylation is 2. The molecule has 37 heavy (non-hydrogen) atoms. The number of hydrogen-bond acceptors (Lipinski definition) is 12. The monoisotopic (exact) mass is 607 g/mol. The van der Waals surface area contributed by atoms with Gasteiger partial charge in [0.15, 0.2) is 0 Å². The van der Waals surface area contributed by atoms with E-state index in [0.717, 1.165) is 28.9 Å². The zero-order chi connectivity index (χ0) is 24.7. The van der Waals surface area contributed by atoms with Crippen LogP contribution in [0.25, 0.3) is 5.69 Å². The van der Waals surface area contributed by atoms with Crippen LogP contribution in [0.15, 0.2) is 61.2 Å². The summed E-state index contributed by atoms with van der Waals surface area (Å²) in [6, 6.07) is 5.51. The van der Waals surface area contributed by atoms with Crippen LogP contribution < -0.4 is 74.9 Å². The molecule has 0 amide bonds. The van der Waals surface area contributed by atoms with Crippen LogP contribution in [-0.4, -0.2) is 42.1 Å². The Balaban J connectivity index is 0. The summed E-state index contributed by atoms with van der Waals surface area (Å²) in [6.45, 7) is 2.83. The number of rotatable bonds is 6. The van der Waals surface area contributed by atoms with E-state index in [9.17, 15) is 40.6 Å². The second-order valence-corrected chi connectivity index (χ2v) is 9.43. The number of carboxylic acid groups (broad SMARTS) is 1. The number of azo groups is 1. The third kappa shape index (κ3) is 8.66. The van der Waals surface area contributed by atoms with Gasteiger partial charge in [-0.25, -0.2) is 16.8 Å². The molecule has 0 atom stereocenters. The number of carboxylic acids is 1. The summed E-state index contributed by atoms with van der Waals surface area (Å²) in [5, 5.41) is 22.5. The maximum atomic E-state index is 12.8. The SMILES string of the molecule is Cc1cc(S(=O)(=O)[O-])ccc1-n1[n-]c(C)c(N=Nc2cc(S(=O)(=O)[O-])ccc2C(=O)[O-])c1=O.[Cr+3].[Na+].[Na+].[OH-]. The van der Waals surface area contributed by atoms with E-state index in [-0.39, 0.29) is 105 Å². The van der Waals surface area contributed by atoms with Crippen molar-refractivity contribution in [1.82, 2.24) is 9.78 Å². The Morgan fingerprint density at radius 1 is 0.919 bits per heavy atom. The van der Waals surface area contributed by atoms with Crippen molar-refractivity contribution in [2.24, 2.45) is 10.2 Å². The maximum absolute atomic E-state index is 12.8. The molecule has 0 saturated carbocycles. The van der Waals surface area contributed by atoms with E-state index in [4.69, 9.17) is 0 Å². The van der Waals surface area contributed by atoms with Crippen molar-refractivity contribution in [3.8, 4) is 5.69 Å². The Bertz CT molecular complexity index is 1600. The van der Waals surface area contributed by atoms with E-state index in [1.165, 1.54) is 19.9 Å². The summed E-state index contributed by atoms with van der Waals surface area (Å²) < 4.78 is 68.0. The minimum absolute atomic E-state index is 0. The summed E-state index contributed by atoms with van der Waals surface area (Å²) in [5.41, 5.74) is -1.84. The van der Waals surface area contributed by atoms with Crippen LogP contribution in [0.5, 0.6) is 0 Å². The Labute approximate surface area is 265 Å². The molecule has 0 fully saturated rings. The average Bonchev–Trinajstić information content (AvgIpc) is 2.98. The summed E-state index contributed by atoms with van der Waals surface area (Å²) in [7, 11) is -9.64. The van der Waals surface area contributed by atoms with Gasteiger partial charge in [-0.2, -0.15) is 0 Å². The van der Waals surface area contributed by atoms with Gasteiger partial charge in [-0.1, -0.05) is 6.92 Å². The van der Waals surface area contributed by atoms with E-state index < -0.39 is 52.8 Å². The molecule has 0 bridgehead atoms. The normalized spacial score (nSPS) is 11.0. The summed E-state index contributed by atoms with van der Waals surface area (Å²) >= 11 is 0. The van der Waals surface area contributed by atoms with Gasteiger partial charge in [0.1, 0.15) is 25.9 Å². The van der Waals surface area contributed by atoms with Gasteiger partial charge in [0.05, 0.1) is 21.4 Å². The number of benzene rings is 2. The maximum Gasteiger partial charge on any atom is 3.00 e. The van der Waals surface area contributed by atoms with E-state index >= 15 is 0 Å². The number of nitrogens with zero attached hydrogens (tertiary/aromatic N) is 4. The largest absolute Gasteiger partial charge is 3.00 e. The Hall–Kier alpha value is -1.17. The van der Waals surface area contributed by atoms with E-state index in [2.05, 4.69) is 15.3 Å². The molecular formula is C18H13CrN4Na2O10S2. The average molecular weight is 607 g/mol. The molecule has 185 valence electrons. The minimum Gasteiger partial charge on any atom is -0.870 e. The van der Waals surface area contributed by atoms with Crippen molar-refractivity contribution < 1.29 is 118 Å². The van der Waals surface area contributed by atoms with Crippen LogP contribution in [0.4, 0.5) is 11.4 Å². The van der Waals surface area contributed by atoms with Crippen molar-refractivity contribution in [2.75, 3.05) is 0 Å². The molecule has 19 heteroatoms. The van der Waals surface area contributed by atoms with Gasteiger partial charge < -0.3 is 34.3 Å². The van der Waals surface area contributed by atoms with Gasteiger partial charge in [0.2, 0.25) is 0 Å². The molecule has 0 unspecified atom stereocenters. The molecule has 0 spiro atoms. The molecule has 0 aliphatic rings. The fraction of sp³-hybridized carbons (Fsp3) is 0.111. The van der Waals surface area contributed by atoms with E-state index in [0.29, 0.717) is 6.07 Å². The minimum atomic E-state index is -4.93. The number of aromatic carboxylic acids is 1. The Kier molecular flexibility index (Phi) is 14.7. The van der Waals surface area contributed by atoms with Gasteiger partial charge >= 0.3 is 76.5 Å². The van der Waals surface area contributed by atoms with Crippen LogP contribution in [-0.2, 0) is 37.6 Å². The zero-order valence-electron chi connectivity index (χ0n) is 19.6. The number of carbonyl (C=O) groups is 1. The molecule has 2 aromatic carbocycles. The van der Waals surface area contributed by atoms with Crippen LogP contribution >= 0.6 is 0 Å². The first-order chi connectivity index (χ1) is 15.2. The number of aromatic nitrogens is 2. The van der Waals surface area contributed by atoms with Gasteiger partial charge in [-0.15, -0.1) is 15.9 Å². The van der Waals surface area contributed by atoms with E-state index in [1.807, 2.05) is 0 Å². The summed E-state index contributed by atoms with van der Waals surface area (Å²) in [4.78, 5) is 22.8. The van der Waals surface area contributed by atoms with Gasteiger partial charge in [-0.3, -0.25) is 4.79 Å². The molecule has 3 rings (SSSR count). The van der Waals surface area contributed by atoms with Crippen LogP contribution in [0.3, 0.4) is 0 Å². The molecule has 14 nitrogen and oxygen atoms in total. The molecule has 3 aromatic rings. The topological polar surface area (TPSA) is 245 Å².